The van der Waals surface area contributed by atoms with Crippen LogP contribution in [0.4, 0.5) is 5.88 Å². The summed E-state index contributed by atoms with van der Waals surface area (Å²) in [4.78, 5) is 17.2. The van der Waals surface area contributed by atoms with E-state index >= 15 is 0 Å². The number of hydrogen-bond donors (Lipinski definition) is 0. The van der Waals surface area contributed by atoms with Gasteiger partial charge in [-0.2, -0.15) is 0 Å². The van der Waals surface area contributed by atoms with Crippen LogP contribution >= 0.6 is 24.0 Å². The van der Waals surface area contributed by atoms with Crippen LogP contribution in [0, 0.1) is 0 Å². The number of thioether (sulfide) groups is 1. The van der Waals surface area contributed by atoms with Gasteiger partial charge >= 0.3 is 0 Å². The number of thiocarbonyl (C=S) groups is 1. The third kappa shape index (κ3) is 4.66. The number of benzene rings is 1. The molecule has 152 valence electrons. The van der Waals surface area contributed by atoms with Gasteiger partial charge in [-0.1, -0.05) is 36.1 Å². The Kier molecular flexibility index (Phi) is 6.22. The fourth-order valence-electron chi connectivity index (χ4n) is 3.23. The Bertz CT molecular complexity index is 917. The molecule has 2 aromatic rings. The van der Waals surface area contributed by atoms with Crippen LogP contribution in [-0.4, -0.2) is 55.1 Å². The lowest BCUT2D eigenvalue weighted by Gasteiger charge is -2.26. The van der Waals surface area contributed by atoms with Crippen molar-refractivity contribution in [3.8, 4) is 5.75 Å². The number of hydrogen-bond acceptors (Lipinski definition) is 7. The smallest absolute Gasteiger partial charge is 0.266 e. The third-order valence-corrected chi connectivity index (χ3v) is 6.24. The average Bonchev–Trinajstić information content (AvgIpc) is 3.32. The van der Waals surface area contributed by atoms with Gasteiger partial charge in [0.15, 0.2) is 5.88 Å². The van der Waals surface area contributed by atoms with Crippen LogP contribution in [0.2, 0.25) is 0 Å². The van der Waals surface area contributed by atoms with Gasteiger partial charge in [0.1, 0.15) is 15.8 Å². The molecule has 0 bridgehead atoms. The SMILES string of the molecule is COc1ccc(CCN2C(=O)C(=Cc3ccc(N4CCOCC4)o3)SC2=S)cc1. The van der Waals surface area contributed by atoms with Crippen LogP contribution in [0.3, 0.4) is 0 Å². The molecule has 6 nitrogen and oxygen atoms in total. The molecular weight excluding hydrogens is 408 g/mol. The number of carbonyl (C=O) groups excluding carboxylic acids is 1. The summed E-state index contributed by atoms with van der Waals surface area (Å²) in [5.74, 6) is 2.20. The van der Waals surface area contributed by atoms with Crippen molar-refractivity contribution >= 4 is 46.2 Å². The molecule has 0 aliphatic carbocycles. The summed E-state index contributed by atoms with van der Waals surface area (Å²) in [6, 6.07) is 11.7. The molecule has 0 unspecified atom stereocenters. The molecule has 1 aromatic carbocycles. The second kappa shape index (κ2) is 9.02. The molecule has 1 amide bonds. The molecule has 29 heavy (non-hydrogen) atoms. The molecule has 0 saturated carbocycles. The van der Waals surface area contributed by atoms with Crippen molar-refractivity contribution in [1.82, 2.24) is 4.90 Å². The third-order valence-electron chi connectivity index (χ3n) is 4.87. The highest BCUT2D eigenvalue weighted by atomic mass is 32.2. The van der Waals surface area contributed by atoms with Crippen LogP contribution in [-0.2, 0) is 16.0 Å². The van der Waals surface area contributed by atoms with E-state index in [0.29, 0.717) is 34.7 Å². The van der Waals surface area contributed by atoms with Gasteiger partial charge in [-0.3, -0.25) is 9.69 Å². The van der Waals surface area contributed by atoms with Gasteiger partial charge < -0.3 is 18.8 Å². The minimum Gasteiger partial charge on any atom is -0.497 e. The molecule has 8 heteroatoms. The number of nitrogens with zero attached hydrogens (tertiary/aromatic N) is 2. The lowest BCUT2D eigenvalue weighted by atomic mass is 10.1. The summed E-state index contributed by atoms with van der Waals surface area (Å²) in [6.45, 7) is 3.55. The summed E-state index contributed by atoms with van der Waals surface area (Å²) in [5, 5.41) is 0. The maximum absolute atomic E-state index is 12.8. The lowest BCUT2D eigenvalue weighted by Crippen LogP contribution is -2.35. The lowest BCUT2D eigenvalue weighted by molar-refractivity contribution is -0.122. The van der Waals surface area contributed by atoms with E-state index in [-0.39, 0.29) is 5.91 Å². The van der Waals surface area contributed by atoms with Crippen molar-refractivity contribution in [2.75, 3.05) is 44.9 Å². The normalized spacial score (nSPS) is 18.7. The Balaban J connectivity index is 1.40. The van der Waals surface area contributed by atoms with Crippen LogP contribution in [0.15, 0.2) is 45.7 Å². The standard InChI is InChI=1S/C21H22N2O4S2/c1-25-16-4-2-15(3-5-16)8-9-23-20(24)18(29-21(23)28)14-17-6-7-19(27-17)22-10-12-26-13-11-22/h2-7,14H,8-13H2,1H3. The Morgan fingerprint density at radius 2 is 1.93 bits per heavy atom. The van der Waals surface area contributed by atoms with Gasteiger partial charge in [-0.15, -0.1) is 0 Å². The summed E-state index contributed by atoms with van der Waals surface area (Å²) in [6.07, 6.45) is 2.50. The topological polar surface area (TPSA) is 55.2 Å². The fourth-order valence-corrected chi connectivity index (χ4v) is 4.52. The number of morpholine rings is 1. The minimum absolute atomic E-state index is 0.0714. The highest BCUT2D eigenvalue weighted by Crippen LogP contribution is 2.33. The molecule has 2 aliphatic heterocycles. The zero-order chi connectivity index (χ0) is 20.2. The van der Waals surface area contributed by atoms with Crippen molar-refractivity contribution in [2.24, 2.45) is 0 Å². The first-order chi connectivity index (χ1) is 14.1. The van der Waals surface area contributed by atoms with Crippen LogP contribution in [0.25, 0.3) is 6.08 Å². The van der Waals surface area contributed by atoms with E-state index < -0.39 is 0 Å². The molecule has 1 aromatic heterocycles. The van der Waals surface area contributed by atoms with Gasteiger partial charge in [0.2, 0.25) is 0 Å². The molecule has 4 rings (SSSR count). The van der Waals surface area contributed by atoms with Crippen LogP contribution in [0.1, 0.15) is 11.3 Å². The molecule has 3 heterocycles. The minimum atomic E-state index is -0.0714. The Labute approximate surface area is 179 Å². The number of rotatable bonds is 6. The van der Waals surface area contributed by atoms with E-state index in [1.165, 1.54) is 11.8 Å². The zero-order valence-electron chi connectivity index (χ0n) is 16.1. The van der Waals surface area contributed by atoms with Gasteiger partial charge in [-0.05, 0) is 30.2 Å². The molecule has 0 atom stereocenters. The van der Waals surface area contributed by atoms with E-state index in [4.69, 9.17) is 26.1 Å². The number of methoxy groups -OCH3 is 1. The molecule has 0 spiro atoms. The highest BCUT2D eigenvalue weighted by molar-refractivity contribution is 8.26. The maximum atomic E-state index is 12.8. The van der Waals surface area contributed by atoms with Crippen LogP contribution < -0.4 is 9.64 Å². The summed E-state index contributed by atoms with van der Waals surface area (Å²) in [7, 11) is 1.64. The molecule has 2 fully saturated rings. The van der Waals surface area contributed by atoms with Crippen molar-refractivity contribution in [1.29, 1.82) is 0 Å². The monoisotopic (exact) mass is 430 g/mol. The van der Waals surface area contributed by atoms with Gasteiger partial charge in [0.25, 0.3) is 5.91 Å². The van der Waals surface area contributed by atoms with Crippen molar-refractivity contribution < 1.29 is 18.7 Å². The largest absolute Gasteiger partial charge is 0.497 e. The van der Waals surface area contributed by atoms with Crippen LogP contribution in [0.5, 0.6) is 5.75 Å². The van der Waals surface area contributed by atoms with E-state index in [2.05, 4.69) is 4.90 Å². The zero-order valence-corrected chi connectivity index (χ0v) is 17.8. The first-order valence-corrected chi connectivity index (χ1v) is 10.7. The number of anilines is 1. The average molecular weight is 431 g/mol. The predicted molar refractivity (Wildman–Crippen MR) is 118 cm³/mol. The van der Waals surface area contributed by atoms with Gasteiger partial charge in [0.05, 0.1) is 25.2 Å². The first-order valence-electron chi connectivity index (χ1n) is 9.45. The maximum Gasteiger partial charge on any atom is 0.266 e. The first kappa shape index (κ1) is 20.0. The van der Waals surface area contributed by atoms with Crippen molar-refractivity contribution in [3.05, 3.63) is 52.6 Å². The van der Waals surface area contributed by atoms with Crippen molar-refractivity contribution in [3.63, 3.8) is 0 Å². The Morgan fingerprint density at radius 1 is 1.17 bits per heavy atom. The summed E-state index contributed by atoms with van der Waals surface area (Å²) < 4.78 is 17.0. The highest BCUT2D eigenvalue weighted by Gasteiger charge is 2.32. The van der Waals surface area contributed by atoms with Crippen molar-refractivity contribution in [2.45, 2.75) is 6.42 Å². The second-order valence-corrected chi connectivity index (χ2v) is 8.38. The van der Waals surface area contributed by atoms with Gasteiger partial charge in [0, 0.05) is 31.8 Å². The molecular formula is C21H22N2O4S2. The summed E-state index contributed by atoms with van der Waals surface area (Å²) >= 11 is 6.75. The fraction of sp³-hybridized carbons (Fsp3) is 0.333. The second-order valence-electron chi connectivity index (χ2n) is 6.71. The molecule has 2 saturated heterocycles. The van der Waals surface area contributed by atoms with Gasteiger partial charge in [-0.25, -0.2) is 0 Å². The number of furan rings is 1. The van der Waals surface area contributed by atoms with E-state index in [9.17, 15) is 4.79 Å². The molecule has 2 aliphatic rings. The van der Waals surface area contributed by atoms with E-state index in [1.54, 1.807) is 18.1 Å². The number of amides is 1. The Hall–Kier alpha value is -2.29. The summed E-state index contributed by atoms with van der Waals surface area (Å²) in [5.41, 5.74) is 1.13. The van der Waals surface area contributed by atoms with E-state index in [1.807, 2.05) is 36.4 Å². The predicted octanol–water partition coefficient (Wildman–Crippen LogP) is 3.57. The van der Waals surface area contributed by atoms with E-state index in [0.717, 1.165) is 36.7 Å². The molecule has 0 radical (unpaired) electrons. The number of ether oxygens (including phenoxy) is 2. The number of carbonyl (C=O) groups is 1. The molecule has 0 N–H and O–H groups in total. The quantitative estimate of drug-likeness (QED) is 0.513. The Morgan fingerprint density at radius 3 is 2.66 bits per heavy atom.